The topological polar surface area (TPSA) is 29.1 Å². The van der Waals surface area contributed by atoms with Crippen LogP contribution in [0.1, 0.15) is 46.3 Å². The van der Waals surface area contributed by atoms with Crippen molar-refractivity contribution >= 4 is 17.2 Å². The van der Waals surface area contributed by atoms with Gasteiger partial charge >= 0.3 is 0 Å². The van der Waals surface area contributed by atoms with E-state index in [9.17, 15) is 4.79 Å². The van der Waals surface area contributed by atoms with Gasteiger partial charge in [-0.1, -0.05) is 6.92 Å². The van der Waals surface area contributed by atoms with E-state index < -0.39 is 0 Å². The van der Waals surface area contributed by atoms with Gasteiger partial charge in [0.25, 0.3) is 5.91 Å². The molecule has 3 heteroatoms. The number of rotatable bonds is 2. The van der Waals surface area contributed by atoms with Gasteiger partial charge in [0.2, 0.25) is 0 Å². The van der Waals surface area contributed by atoms with Crippen molar-refractivity contribution in [1.82, 2.24) is 5.32 Å². The summed E-state index contributed by atoms with van der Waals surface area (Å²) >= 11 is 1.70. The molecule has 1 heterocycles. The van der Waals surface area contributed by atoms with Crippen LogP contribution >= 0.6 is 11.3 Å². The van der Waals surface area contributed by atoms with Crippen LogP contribution in [0, 0.1) is 5.92 Å². The SMILES string of the molecule is C[C@H]1CCc2sc(C(=O)NC3CC3)cc2C1. The maximum Gasteiger partial charge on any atom is 0.261 e. The molecule has 0 radical (unpaired) electrons. The van der Waals surface area contributed by atoms with E-state index in [1.807, 2.05) is 0 Å². The maximum atomic E-state index is 11.9. The van der Waals surface area contributed by atoms with E-state index in [0.717, 1.165) is 36.5 Å². The van der Waals surface area contributed by atoms with Crippen LogP contribution in [0.15, 0.2) is 6.07 Å². The van der Waals surface area contributed by atoms with Crippen LogP contribution in [-0.4, -0.2) is 11.9 Å². The van der Waals surface area contributed by atoms with Crippen molar-refractivity contribution in [2.45, 2.75) is 45.1 Å². The number of thiophene rings is 1. The van der Waals surface area contributed by atoms with Crippen molar-refractivity contribution in [2.75, 3.05) is 0 Å². The maximum absolute atomic E-state index is 11.9. The van der Waals surface area contributed by atoms with E-state index >= 15 is 0 Å². The molecule has 2 aliphatic rings. The van der Waals surface area contributed by atoms with Crippen LogP contribution in [0.5, 0.6) is 0 Å². The second-order valence-corrected chi connectivity index (χ2v) is 6.29. The summed E-state index contributed by atoms with van der Waals surface area (Å²) in [5.41, 5.74) is 1.42. The van der Waals surface area contributed by atoms with Gasteiger partial charge in [0.1, 0.15) is 0 Å². The molecule has 1 N–H and O–H groups in total. The third-order valence-electron chi connectivity index (χ3n) is 3.47. The van der Waals surface area contributed by atoms with E-state index in [1.165, 1.54) is 16.9 Å². The third-order valence-corrected chi connectivity index (χ3v) is 4.70. The molecule has 1 amide bonds. The summed E-state index contributed by atoms with van der Waals surface area (Å²) in [7, 11) is 0. The Hall–Kier alpha value is -0.830. The van der Waals surface area contributed by atoms with Crippen LogP contribution in [-0.2, 0) is 12.8 Å². The Morgan fingerprint density at radius 3 is 3.00 bits per heavy atom. The summed E-state index contributed by atoms with van der Waals surface area (Å²) in [6.45, 7) is 2.30. The fraction of sp³-hybridized carbons (Fsp3) is 0.615. The molecule has 0 aromatic carbocycles. The largest absolute Gasteiger partial charge is 0.349 e. The van der Waals surface area contributed by atoms with Gasteiger partial charge in [0, 0.05) is 10.9 Å². The summed E-state index contributed by atoms with van der Waals surface area (Å²) in [6, 6.07) is 2.58. The average Bonchev–Trinajstić information content (AvgIpc) is 2.95. The van der Waals surface area contributed by atoms with Gasteiger partial charge in [-0.05, 0) is 49.7 Å². The van der Waals surface area contributed by atoms with Crippen LogP contribution in [0.2, 0.25) is 0 Å². The van der Waals surface area contributed by atoms with Crippen molar-refractivity contribution in [3.63, 3.8) is 0 Å². The first-order valence-electron chi connectivity index (χ1n) is 6.15. The summed E-state index contributed by atoms with van der Waals surface area (Å²) in [5, 5.41) is 3.06. The lowest BCUT2D eigenvalue weighted by Gasteiger charge is -2.16. The minimum atomic E-state index is 0.148. The number of nitrogens with one attached hydrogen (secondary N) is 1. The van der Waals surface area contributed by atoms with Gasteiger partial charge in [-0.25, -0.2) is 0 Å². The minimum Gasteiger partial charge on any atom is -0.349 e. The van der Waals surface area contributed by atoms with Crippen LogP contribution in [0.3, 0.4) is 0 Å². The number of amides is 1. The Morgan fingerprint density at radius 2 is 2.25 bits per heavy atom. The zero-order chi connectivity index (χ0) is 11.1. The monoisotopic (exact) mass is 235 g/mol. The molecule has 0 saturated heterocycles. The highest BCUT2D eigenvalue weighted by molar-refractivity contribution is 7.14. The fourth-order valence-corrected chi connectivity index (χ4v) is 3.41. The van der Waals surface area contributed by atoms with Gasteiger partial charge in [0.05, 0.1) is 4.88 Å². The molecular formula is C13H17NOS. The van der Waals surface area contributed by atoms with E-state index in [0.29, 0.717) is 6.04 Å². The van der Waals surface area contributed by atoms with Crippen molar-refractivity contribution in [2.24, 2.45) is 5.92 Å². The zero-order valence-electron chi connectivity index (χ0n) is 9.58. The van der Waals surface area contributed by atoms with Gasteiger partial charge in [-0.2, -0.15) is 0 Å². The van der Waals surface area contributed by atoms with Gasteiger partial charge in [-0.3, -0.25) is 4.79 Å². The lowest BCUT2D eigenvalue weighted by atomic mass is 9.90. The third kappa shape index (κ3) is 2.01. The van der Waals surface area contributed by atoms with Crippen molar-refractivity contribution in [1.29, 1.82) is 0 Å². The highest BCUT2D eigenvalue weighted by Crippen LogP contribution is 2.32. The summed E-state index contributed by atoms with van der Waals surface area (Å²) < 4.78 is 0. The quantitative estimate of drug-likeness (QED) is 0.839. The highest BCUT2D eigenvalue weighted by Gasteiger charge is 2.26. The number of fused-ring (bicyclic) bond motifs is 1. The number of hydrogen-bond donors (Lipinski definition) is 1. The molecule has 0 bridgehead atoms. The second-order valence-electron chi connectivity index (χ2n) is 5.15. The Balaban J connectivity index is 1.77. The first kappa shape index (κ1) is 10.3. The van der Waals surface area contributed by atoms with Crippen molar-refractivity contribution < 1.29 is 4.79 Å². The van der Waals surface area contributed by atoms with Gasteiger partial charge < -0.3 is 5.32 Å². The lowest BCUT2D eigenvalue weighted by Crippen LogP contribution is -2.24. The predicted octanol–water partition coefficient (Wildman–Crippen LogP) is 2.77. The molecule has 0 spiro atoms. The standard InChI is InChI=1S/C13H17NOS/c1-8-2-5-11-9(6-8)7-12(16-11)13(15)14-10-3-4-10/h7-8,10H,2-6H2,1H3,(H,14,15)/t8-/m0/s1. The predicted molar refractivity (Wildman–Crippen MR) is 66.0 cm³/mol. The Labute approximate surface area is 100 Å². The molecule has 1 aromatic heterocycles. The summed E-state index contributed by atoms with van der Waals surface area (Å²) in [5.74, 6) is 0.927. The summed E-state index contributed by atoms with van der Waals surface area (Å²) in [4.78, 5) is 14.3. The van der Waals surface area contributed by atoms with Gasteiger partial charge in [-0.15, -0.1) is 11.3 Å². The van der Waals surface area contributed by atoms with Crippen LogP contribution < -0.4 is 5.32 Å². The number of hydrogen-bond acceptors (Lipinski definition) is 2. The normalized spacial score (nSPS) is 23.9. The van der Waals surface area contributed by atoms with Crippen LogP contribution in [0.4, 0.5) is 0 Å². The molecule has 0 aliphatic heterocycles. The van der Waals surface area contributed by atoms with Crippen molar-refractivity contribution in [3.05, 3.63) is 21.4 Å². The smallest absolute Gasteiger partial charge is 0.261 e. The van der Waals surface area contributed by atoms with E-state index in [2.05, 4.69) is 18.3 Å². The zero-order valence-corrected chi connectivity index (χ0v) is 10.4. The van der Waals surface area contributed by atoms with Crippen molar-refractivity contribution in [3.8, 4) is 0 Å². The molecule has 16 heavy (non-hydrogen) atoms. The lowest BCUT2D eigenvalue weighted by molar-refractivity contribution is 0.0955. The highest BCUT2D eigenvalue weighted by atomic mass is 32.1. The summed E-state index contributed by atoms with van der Waals surface area (Å²) in [6.07, 6.45) is 5.92. The van der Waals surface area contributed by atoms with Gasteiger partial charge in [0.15, 0.2) is 0 Å². The number of carbonyl (C=O) groups excluding carboxylic acids is 1. The van der Waals surface area contributed by atoms with E-state index in [1.54, 1.807) is 11.3 Å². The molecule has 0 unspecified atom stereocenters. The fourth-order valence-electron chi connectivity index (χ4n) is 2.30. The molecule has 1 fully saturated rings. The first-order valence-corrected chi connectivity index (χ1v) is 6.96. The second kappa shape index (κ2) is 3.88. The Kier molecular flexibility index (Phi) is 2.51. The Bertz CT molecular complexity index is 420. The number of carbonyl (C=O) groups is 1. The molecule has 1 saturated carbocycles. The molecule has 2 nitrogen and oxygen atoms in total. The average molecular weight is 235 g/mol. The van der Waals surface area contributed by atoms with E-state index in [-0.39, 0.29) is 5.91 Å². The molecule has 1 atom stereocenters. The molecule has 86 valence electrons. The first-order chi connectivity index (χ1) is 7.72. The molecule has 3 rings (SSSR count). The van der Waals surface area contributed by atoms with Crippen LogP contribution in [0.25, 0.3) is 0 Å². The molecular weight excluding hydrogens is 218 g/mol. The molecule has 2 aliphatic carbocycles. The Morgan fingerprint density at radius 1 is 1.44 bits per heavy atom. The number of aryl methyl sites for hydroxylation is 1. The van der Waals surface area contributed by atoms with E-state index in [4.69, 9.17) is 0 Å². The molecule has 1 aromatic rings. The minimum absolute atomic E-state index is 0.148.